The number of rotatable bonds is 1. The number of ether oxygens (including phenoxy) is 1. The highest BCUT2D eigenvalue weighted by atomic mass is 16.5. The van der Waals surface area contributed by atoms with Crippen molar-refractivity contribution in [3.05, 3.63) is 58.9 Å². The molecule has 0 unspecified atom stereocenters. The lowest BCUT2D eigenvalue weighted by molar-refractivity contribution is 0.0976. The van der Waals surface area contributed by atoms with Gasteiger partial charge in [0.1, 0.15) is 5.75 Å². The molecule has 1 aromatic carbocycles. The summed E-state index contributed by atoms with van der Waals surface area (Å²) in [5.41, 5.74) is 1.44. The minimum Gasteiger partial charge on any atom is -0.496 e. The average Bonchev–Trinajstić information content (AvgIpc) is 2.44. The molecule has 0 bridgehead atoms. The Kier molecular flexibility index (Phi) is 2.23. The summed E-state index contributed by atoms with van der Waals surface area (Å²) in [5.74, 6) is 0.0337. The Labute approximate surface area is 103 Å². The van der Waals surface area contributed by atoms with Crippen molar-refractivity contribution in [1.82, 2.24) is 4.98 Å². The van der Waals surface area contributed by atoms with Gasteiger partial charge in [-0.15, -0.1) is 0 Å². The number of nitrogens with zero attached hydrogens (tertiary/aromatic N) is 1. The van der Waals surface area contributed by atoms with Gasteiger partial charge in [-0.05, 0) is 12.1 Å². The van der Waals surface area contributed by atoms with Gasteiger partial charge in [-0.3, -0.25) is 14.6 Å². The third kappa shape index (κ3) is 1.29. The summed E-state index contributed by atoms with van der Waals surface area (Å²) in [6.45, 7) is 0. The zero-order valence-corrected chi connectivity index (χ0v) is 9.64. The second-order valence-electron chi connectivity index (χ2n) is 3.96. The van der Waals surface area contributed by atoms with Crippen LogP contribution in [0, 0.1) is 0 Å². The predicted molar refractivity (Wildman–Crippen MR) is 64.1 cm³/mol. The van der Waals surface area contributed by atoms with E-state index in [0.717, 1.165) is 0 Å². The lowest BCUT2D eigenvalue weighted by atomic mass is 9.84. The summed E-state index contributed by atoms with van der Waals surface area (Å²) in [6.07, 6.45) is 2.93. The zero-order valence-electron chi connectivity index (χ0n) is 9.64. The monoisotopic (exact) mass is 239 g/mol. The predicted octanol–water partition coefficient (Wildman–Crippen LogP) is 1.87. The standard InChI is InChI=1S/C14H9NO3/c1-18-11-4-2-3-9-12(11)14(17)10-7-15-6-5-8(10)13(9)16/h2-7H,1H3. The zero-order chi connectivity index (χ0) is 12.7. The van der Waals surface area contributed by atoms with E-state index in [9.17, 15) is 9.59 Å². The van der Waals surface area contributed by atoms with Crippen molar-refractivity contribution in [3.8, 4) is 5.75 Å². The quantitative estimate of drug-likeness (QED) is 0.650. The second kappa shape index (κ2) is 3.77. The van der Waals surface area contributed by atoms with Crippen LogP contribution in [0.15, 0.2) is 36.7 Å². The van der Waals surface area contributed by atoms with Crippen LogP contribution in [-0.2, 0) is 0 Å². The number of hydrogen-bond donors (Lipinski definition) is 0. The molecule has 2 aromatic rings. The number of ketones is 2. The van der Waals surface area contributed by atoms with Crippen LogP contribution in [0.5, 0.6) is 5.75 Å². The Bertz CT molecular complexity index is 676. The van der Waals surface area contributed by atoms with Gasteiger partial charge in [0.05, 0.1) is 18.2 Å². The number of hydrogen-bond acceptors (Lipinski definition) is 4. The molecule has 1 aliphatic carbocycles. The first-order valence-electron chi connectivity index (χ1n) is 5.44. The van der Waals surface area contributed by atoms with E-state index in [4.69, 9.17) is 4.74 Å². The minimum absolute atomic E-state index is 0.166. The normalized spacial score (nSPS) is 12.9. The molecule has 1 heterocycles. The van der Waals surface area contributed by atoms with Gasteiger partial charge in [-0.2, -0.15) is 0 Å². The Morgan fingerprint density at radius 3 is 2.61 bits per heavy atom. The highest BCUT2D eigenvalue weighted by Crippen LogP contribution is 2.32. The van der Waals surface area contributed by atoms with Gasteiger partial charge in [0, 0.05) is 23.5 Å². The molecule has 0 saturated heterocycles. The van der Waals surface area contributed by atoms with E-state index in [-0.39, 0.29) is 11.6 Å². The van der Waals surface area contributed by atoms with E-state index in [2.05, 4.69) is 4.98 Å². The number of benzene rings is 1. The smallest absolute Gasteiger partial charge is 0.199 e. The number of carbonyl (C=O) groups excluding carboxylic acids is 2. The van der Waals surface area contributed by atoms with E-state index in [0.29, 0.717) is 28.0 Å². The van der Waals surface area contributed by atoms with Gasteiger partial charge in [0.25, 0.3) is 0 Å². The van der Waals surface area contributed by atoms with E-state index < -0.39 is 0 Å². The van der Waals surface area contributed by atoms with Crippen molar-refractivity contribution in [2.24, 2.45) is 0 Å². The topological polar surface area (TPSA) is 56.3 Å². The molecule has 0 spiro atoms. The lowest BCUT2D eigenvalue weighted by Gasteiger charge is -2.18. The molecule has 4 nitrogen and oxygen atoms in total. The summed E-state index contributed by atoms with van der Waals surface area (Å²) in [7, 11) is 1.48. The van der Waals surface area contributed by atoms with Crippen LogP contribution in [0.3, 0.4) is 0 Å². The molecule has 1 aliphatic rings. The van der Waals surface area contributed by atoms with E-state index >= 15 is 0 Å². The fourth-order valence-electron chi connectivity index (χ4n) is 2.18. The van der Waals surface area contributed by atoms with E-state index in [1.165, 1.54) is 19.5 Å². The molecule has 3 rings (SSSR count). The van der Waals surface area contributed by atoms with Crippen molar-refractivity contribution >= 4 is 11.6 Å². The van der Waals surface area contributed by atoms with Crippen LogP contribution >= 0.6 is 0 Å². The summed E-state index contributed by atoms with van der Waals surface area (Å²) in [5, 5.41) is 0. The molecule has 0 amide bonds. The fourth-order valence-corrected chi connectivity index (χ4v) is 2.18. The molecule has 0 saturated carbocycles. The largest absolute Gasteiger partial charge is 0.496 e. The number of methoxy groups -OCH3 is 1. The van der Waals surface area contributed by atoms with Crippen molar-refractivity contribution in [1.29, 1.82) is 0 Å². The summed E-state index contributed by atoms with van der Waals surface area (Å²) < 4.78 is 5.15. The van der Waals surface area contributed by atoms with Gasteiger partial charge in [-0.25, -0.2) is 0 Å². The fraction of sp³-hybridized carbons (Fsp3) is 0.0714. The van der Waals surface area contributed by atoms with Gasteiger partial charge < -0.3 is 4.74 Å². The van der Waals surface area contributed by atoms with E-state index in [1.54, 1.807) is 24.3 Å². The Balaban J connectivity index is 2.34. The van der Waals surface area contributed by atoms with Gasteiger partial charge >= 0.3 is 0 Å². The van der Waals surface area contributed by atoms with Crippen LogP contribution in [0.4, 0.5) is 0 Å². The lowest BCUT2D eigenvalue weighted by Crippen LogP contribution is -2.21. The average molecular weight is 239 g/mol. The van der Waals surface area contributed by atoms with Gasteiger partial charge in [-0.1, -0.05) is 12.1 Å². The summed E-state index contributed by atoms with van der Waals surface area (Å²) in [4.78, 5) is 28.5. The maximum absolute atomic E-state index is 12.4. The van der Waals surface area contributed by atoms with Gasteiger partial charge in [0.2, 0.25) is 0 Å². The number of pyridine rings is 1. The third-order valence-corrected chi connectivity index (χ3v) is 3.03. The summed E-state index contributed by atoms with van der Waals surface area (Å²) >= 11 is 0. The van der Waals surface area contributed by atoms with Crippen LogP contribution in [0.25, 0.3) is 0 Å². The van der Waals surface area contributed by atoms with Crippen LogP contribution in [0.2, 0.25) is 0 Å². The highest BCUT2D eigenvalue weighted by molar-refractivity contribution is 6.29. The molecule has 0 atom stereocenters. The first-order chi connectivity index (χ1) is 8.74. The first kappa shape index (κ1) is 10.7. The Hall–Kier alpha value is -2.49. The molecule has 4 heteroatoms. The Morgan fingerprint density at radius 2 is 1.83 bits per heavy atom. The van der Waals surface area contributed by atoms with Crippen molar-refractivity contribution < 1.29 is 14.3 Å². The highest BCUT2D eigenvalue weighted by Gasteiger charge is 2.31. The minimum atomic E-state index is -0.217. The SMILES string of the molecule is COc1cccc2c1C(=O)c1cnccc1C2=O. The van der Waals surface area contributed by atoms with Crippen molar-refractivity contribution in [3.63, 3.8) is 0 Å². The van der Waals surface area contributed by atoms with Crippen LogP contribution < -0.4 is 4.74 Å². The molecule has 0 N–H and O–H groups in total. The van der Waals surface area contributed by atoms with Crippen LogP contribution in [-0.4, -0.2) is 23.7 Å². The van der Waals surface area contributed by atoms with Gasteiger partial charge in [0.15, 0.2) is 11.6 Å². The molecule has 18 heavy (non-hydrogen) atoms. The van der Waals surface area contributed by atoms with Crippen molar-refractivity contribution in [2.75, 3.05) is 7.11 Å². The first-order valence-corrected chi connectivity index (χ1v) is 5.44. The Morgan fingerprint density at radius 1 is 1.00 bits per heavy atom. The molecular formula is C14H9NO3. The van der Waals surface area contributed by atoms with Crippen molar-refractivity contribution in [2.45, 2.75) is 0 Å². The van der Waals surface area contributed by atoms with E-state index in [1.807, 2.05) is 0 Å². The number of aromatic nitrogens is 1. The molecule has 0 aliphatic heterocycles. The third-order valence-electron chi connectivity index (χ3n) is 3.03. The molecule has 1 aromatic heterocycles. The molecule has 0 radical (unpaired) electrons. The van der Waals surface area contributed by atoms with Crippen LogP contribution in [0.1, 0.15) is 31.8 Å². The number of fused-ring (bicyclic) bond motifs is 2. The summed E-state index contributed by atoms with van der Waals surface area (Å²) in [6, 6.07) is 6.58. The maximum Gasteiger partial charge on any atom is 0.199 e. The number of carbonyl (C=O) groups is 2. The maximum atomic E-state index is 12.4. The molecular weight excluding hydrogens is 230 g/mol. The molecule has 0 fully saturated rings. The molecule has 88 valence electrons. The second-order valence-corrected chi connectivity index (χ2v) is 3.96.